The number of thiophene rings is 1. The quantitative estimate of drug-likeness (QED) is 0.894. The molecule has 2 unspecified atom stereocenters. The van der Waals surface area contributed by atoms with Gasteiger partial charge in [0.1, 0.15) is 0 Å². The molecule has 1 fully saturated rings. The fraction of sp³-hybridized carbons (Fsp3) is 0.500. The van der Waals surface area contributed by atoms with Gasteiger partial charge in [-0.2, -0.15) is 0 Å². The second kappa shape index (κ2) is 5.71. The fourth-order valence-corrected chi connectivity index (χ4v) is 3.35. The minimum Gasteiger partial charge on any atom is -0.481 e. The number of amides is 1. The Labute approximate surface area is 114 Å². The van der Waals surface area contributed by atoms with E-state index in [2.05, 4.69) is 5.32 Å². The molecule has 0 bridgehead atoms. The third-order valence-electron chi connectivity index (χ3n) is 3.24. The number of hydrogen-bond acceptors (Lipinski definition) is 3. The van der Waals surface area contributed by atoms with E-state index in [4.69, 9.17) is 16.7 Å². The zero-order valence-electron chi connectivity index (χ0n) is 9.69. The van der Waals surface area contributed by atoms with E-state index in [0.29, 0.717) is 23.7 Å². The van der Waals surface area contributed by atoms with E-state index in [9.17, 15) is 9.59 Å². The van der Waals surface area contributed by atoms with Crippen LogP contribution in [0, 0.1) is 11.8 Å². The molecule has 1 aliphatic rings. The molecule has 0 saturated heterocycles. The first-order chi connectivity index (χ1) is 8.58. The zero-order valence-corrected chi connectivity index (χ0v) is 11.3. The Hall–Kier alpha value is -1.07. The Kier molecular flexibility index (Phi) is 4.24. The van der Waals surface area contributed by atoms with Crippen molar-refractivity contribution in [2.45, 2.75) is 25.8 Å². The first kappa shape index (κ1) is 13.4. The Morgan fingerprint density at radius 1 is 1.39 bits per heavy atom. The van der Waals surface area contributed by atoms with Crippen LogP contribution in [0.5, 0.6) is 0 Å². The van der Waals surface area contributed by atoms with Crippen molar-refractivity contribution < 1.29 is 14.7 Å². The number of nitrogens with one attached hydrogen (secondary N) is 1. The number of rotatable bonds is 4. The highest BCUT2D eigenvalue weighted by Crippen LogP contribution is 2.32. The lowest BCUT2D eigenvalue weighted by Crippen LogP contribution is -2.34. The molecule has 0 aliphatic heterocycles. The van der Waals surface area contributed by atoms with E-state index < -0.39 is 17.8 Å². The van der Waals surface area contributed by atoms with E-state index in [1.165, 1.54) is 11.3 Å². The largest absolute Gasteiger partial charge is 0.481 e. The summed E-state index contributed by atoms with van der Waals surface area (Å²) in [6.07, 6.45) is 2.06. The van der Waals surface area contributed by atoms with Crippen LogP contribution in [0.15, 0.2) is 12.1 Å². The Bertz CT molecular complexity index is 460. The van der Waals surface area contributed by atoms with Crippen molar-refractivity contribution in [2.75, 3.05) is 0 Å². The summed E-state index contributed by atoms with van der Waals surface area (Å²) in [5, 5.41) is 11.8. The summed E-state index contributed by atoms with van der Waals surface area (Å²) in [6, 6.07) is 3.64. The number of carboxylic acid groups (broad SMARTS) is 1. The van der Waals surface area contributed by atoms with Gasteiger partial charge in [-0.3, -0.25) is 9.59 Å². The average molecular weight is 288 g/mol. The van der Waals surface area contributed by atoms with Gasteiger partial charge in [0.2, 0.25) is 5.91 Å². The van der Waals surface area contributed by atoms with Gasteiger partial charge in [-0.15, -0.1) is 11.3 Å². The molecule has 18 heavy (non-hydrogen) atoms. The summed E-state index contributed by atoms with van der Waals surface area (Å²) < 4.78 is 0.684. The predicted octanol–water partition coefficient (Wildman–Crippen LogP) is 2.52. The highest BCUT2D eigenvalue weighted by molar-refractivity contribution is 7.16. The zero-order chi connectivity index (χ0) is 13.1. The third-order valence-corrected chi connectivity index (χ3v) is 4.47. The van der Waals surface area contributed by atoms with Crippen LogP contribution in [0.25, 0.3) is 0 Å². The van der Waals surface area contributed by atoms with Crippen molar-refractivity contribution >= 4 is 34.8 Å². The first-order valence-electron chi connectivity index (χ1n) is 5.82. The number of hydrogen-bond donors (Lipinski definition) is 2. The molecule has 2 rings (SSSR count). The van der Waals surface area contributed by atoms with E-state index in [1.54, 1.807) is 6.07 Å². The van der Waals surface area contributed by atoms with Crippen molar-refractivity contribution in [3.63, 3.8) is 0 Å². The summed E-state index contributed by atoms with van der Waals surface area (Å²) in [7, 11) is 0. The maximum atomic E-state index is 11.9. The van der Waals surface area contributed by atoms with Crippen molar-refractivity contribution in [1.29, 1.82) is 0 Å². The summed E-state index contributed by atoms with van der Waals surface area (Å²) in [6.45, 7) is 0.416. The molecule has 2 atom stereocenters. The van der Waals surface area contributed by atoms with Crippen molar-refractivity contribution in [3.05, 3.63) is 21.3 Å². The molecule has 1 heterocycles. The molecule has 1 aliphatic carbocycles. The third kappa shape index (κ3) is 3.03. The molecule has 4 nitrogen and oxygen atoms in total. The molecule has 1 aromatic rings. The Morgan fingerprint density at radius 3 is 2.72 bits per heavy atom. The van der Waals surface area contributed by atoms with Crippen LogP contribution in [0.4, 0.5) is 0 Å². The van der Waals surface area contributed by atoms with Crippen LogP contribution >= 0.6 is 22.9 Å². The standard InChI is InChI=1S/C12H14ClNO3S/c13-10-5-4-7(18-10)6-14-11(15)8-2-1-3-9(8)12(16)17/h4-5,8-9H,1-3,6H2,(H,14,15)(H,16,17). The van der Waals surface area contributed by atoms with Gasteiger partial charge in [-0.1, -0.05) is 18.0 Å². The lowest BCUT2D eigenvalue weighted by atomic mass is 9.95. The molecule has 6 heteroatoms. The number of carbonyl (C=O) groups excluding carboxylic acids is 1. The summed E-state index contributed by atoms with van der Waals surface area (Å²) in [5.74, 6) is -1.95. The lowest BCUT2D eigenvalue weighted by molar-refractivity contribution is -0.146. The van der Waals surface area contributed by atoms with Crippen LogP contribution in [0.3, 0.4) is 0 Å². The number of carbonyl (C=O) groups is 2. The number of aliphatic carboxylic acids is 1. The topological polar surface area (TPSA) is 66.4 Å². The van der Waals surface area contributed by atoms with Crippen molar-refractivity contribution in [2.24, 2.45) is 11.8 Å². The van der Waals surface area contributed by atoms with Gasteiger partial charge in [0.25, 0.3) is 0 Å². The summed E-state index contributed by atoms with van der Waals surface area (Å²) >= 11 is 7.21. The number of halogens is 1. The van der Waals surface area contributed by atoms with Gasteiger partial charge in [0, 0.05) is 4.88 Å². The van der Waals surface area contributed by atoms with Crippen molar-refractivity contribution in [1.82, 2.24) is 5.32 Å². The van der Waals surface area contributed by atoms with Crippen LogP contribution in [0.2, 0.25) is 4.34 Å². The molecule has 0 aromatic carbocycles. The average Bonchev–Trinajstić information content (AvgIpc) is 2.94. The van der Waals surface area contributed by atoms with E-state index in [0.717, 1.165) is 11.3 Å². The van der Waals surface area contributed by atoms with Crippen LogP contribution < -0.4 is 5.32 Å². The molecule has 0 spiro atoms. The minimum absolute atomic E-state index is 0.163. The summed E-state index contributed by atoms with van der Waals surface area (Å²) in [5.41, 5.74) is 0. The molecular weight excluding hydrogens is 274 g/mol. The highest BCUT2D eigenvalue weighted by Gasteiger charge is 2.37. The van der Waals surface area contributed by atoms with Gasteiger partial charge in [-0.25, -0.2) is 0 Å². The predicted molar refractivity (Wildman–Crippen MR) is 69.6 cm³/mol. The van der Waals surface area contributed by atoms with Gasteiger partial charge in [0.05, 0.1) is 22.7 Å². The molecule has 1 aromatic heterocycles. The normalized spacial score (nSPS) is 22.9. The Balaban J connectivity index is 1.89. The maximum Gasteiger partial charge on any atom is 0.307 e. The molecule has 2 N–H and O–H groups in total. The fourth-order valence-electron chi connectivity index (χ4n) is 2.32. The van der Waals surface area contributed by atoms with E-state index >= 15 is 0 Å². The first-order valence-corrected chi connectivity index (χ1v) is 7.02. The SMILES string of the molecule is O=C(O)C1CCCC1C(=O)NCc1ccc(Cl)s1. The smallest absolute Gasteiger partial charge is 0.307 e. The van der Waals surface area contributed by atoms with Gasteiger partial charge >= 0.3 is 5.97 Å². The number of carboxylic acids is 1. The summed E-state index contributed by atoms with van der Waals surface area (Å²) in [4.78, 5) is 23.9. The molecule has 1 saturated carbocycles. The van der Waals surface area contributed by atoms with Crippen LogP contribution in [0.1, 0.15) is 24.1 Å². The van der Waals surface area contributed by atoms with E-state index in [1.807, 2.05) is 6.07 Å². The van der Waals surface area contributed by atoms with E-state index in [-0.39, 0.29) is 5.91 Å². The lowest BCUT2D eigenvalue weighted by Gasteiger charge is -2.15. The van der Waals surface area contributed by atoms with Crippen molar-refractivity contribution in [3.8, 4) is 0 Å². The van der Waals surface area contributed by atoms with Crippen LogP contribution in [-0.2, 0) is 16.1 Å². The van der Waals surface area contributed by atoms with Gasteiger partial charge in [0.15, 0.2) is 0 Å². The molecular formula is C12H14ClNO3S. The van der Waals surface area contributed by atoms with Gasteiger partial charge < -0.3 is 10.4 Å². The molecule has 98 valence electrons. The maximum absolute atomic E-state index is 11.9. The monoisotopic (exact) mass is 287 g/mol. The van der Waals surface area contributed by atoms with Crippen LogP contribution in [-0.4, -0.2) is 17.0 Å². The van der Waals surface area contributed by atoms with Gasteiger partial charge in [-0.05, 0) is 25.0 Å². The molecule has 0 radical (unpaired) electrons. The highest BCUT2D eigenvalue weighted by atomic mass is 35.5. The Morgan fingerprint density at radius 2 is 2.11 bits per heavy atom. The second-order valence-electron chi connectivity index (χ2n) is 4.41. The second-order valence-corrected chi connectivity index (χ2v) is 6.21. The minimum atomic E-state index is -0.869. The molecule has 1 amide bonds.